The highest BCUT2D eigenvalue weighted by Crippen LogP contribution is 2.36. The highest BCUT2D eigenvalue weighted by molar-refractivity contribution is 5.98. The van der Waals surface area contributed by atoms with Crippen LogP contribution in [0.15, 0.2) is 133 Å². The van der Waals surface area contributed by atoms with Crippen molar-refractivity contribution >= 4 is 11.1 Å². The Balaban J connectivity index is 1.44. The van der Waals surface area contributed by atoms with Crippen LogP contribution in [0.4, 0.5) is 0 Å². The highest BCUT2D eigenvalue weighted by Gasteiger charge is 2.15. The maximum Gasteiger partial charge on any atom is 0.119 e. The van der Waals surface area contributed by atoms with Gasteiger partial charge in [-0.2, -0.15) is 0 Å². The van der Waals surface area contributed by atoms with Crippen molar-refractivity contribution in [3.05, 3.63) is 161 Å². The lowest BCUT2D eigenvalue weighted by Gasteiger charge is -2.18. The minimum atomic E-state index is 0.0229. The number of nitrogens with zero attached hydrogens (tertiary/aromatic N) is 1. The fourth-order valence-electron chi connectivity index (χ4n) is 5.06. The predicted octanol–water partition coefficient (Wildman–Crippen LogP) is 8.13. The van der Waals surface area contributed by atoms with Crippen LogP contribution in [0, 0.1) is 0 Å². The number of hydrogen-bond donors (Lipinski definition) is 1. The van der Waals surface area contributed by atoms with Crippen LogP contribution in [-0.2, 0) is 13.2 Å². The van der Waals surface area contributed by atoms with E-state index in [9.17, 15) is 5.11 Å². The van der Waals surface area contributed by atoms with Crippen molar-refractivity contribution in [3.63, 3.8) is 0 Å². The van der Waals surface area contributed by atoms with Gasteiger partial charge in [0.2, 0.25) is 0 Å². The molecule has 0 unspecified atom stereocenters. The molecular formula is C40H41NO4. The second-order valence-corrected chi connectivity index (χ2v) is 11.1. The van der Waals surface area contributed by atoms with Gasteiger partial charge in [-0.05, 0) is 95.9 Å². The molecule has 230 valence electrons. The summed E-state index contributed by atoms with van der Waals surface area (Å²) in [6.07, 6.45) is 0.493. The Morgan fingerprint density at radius 2 is 0.956 bits per heavy atom. The van der Waals surface area contributed by atoms with Crippen LogP contribution in [0.5, 0.6) is 17.2 Å². The summed E-state index contributed by atoms with van der Waals surface area (Å²) < 4.78 is 18.1. The average Bonchev–Trinajstić information content (AvgIpc) is 3.08. The van der Waals surface area contributed by atoms with Gasteiger partial charge < -0.3 is 24.2 Å². The minimum Gasteiger partial charge on any atom is -0.492 e. The zero-order chi connectivity index (χ0) is 31.3. The lowest BCUT2D eigenvalue weighted by Crippen LogP contribution is -2.19. The SMILES string of the molecule is CN(C)CCOc1ccc(/C(=C(\CCO)c2ccc(OCc3ccccc3)cc2)c2ccc(OCc3ccccc3)cc2)cc1. The molecule has 0 aromatic heterocycles. The molecule has 45 heavy (non-hydrogen) atoms. The average molecular weight is 600 g/mol. The predicted molar refractivity (Wildman–Crippen MR) is 183 cm³/mol. The molecule has 0 bridgehead atoms. The molecule has 1 N–H and O–H groups in total. The van der Waals surface area contributed by atoms with E-state index in [1.807, 2.05) is 86.9 Å². The monoisotopic (exact) mass is 599 g/mol. The molecular weight excluding hydrogens is 558 g/mol. The quantitative estimate of drug-likeness (QED) is 0.123. The molecule has 0 heterocycles. The number of likely N-dealkylation sites (N-methyl/N-ethyl adjacent to an activating group) is 1. The summed E-state index contributed by atoms with van der Waals surface area (Å²) in [5.41, 5.74) is 7.45. The highest BCUT2D eigenvalue weighted by atomic mass is 16.5. The Hall–Kier alpha value is -4.84. The van der Waals surface area contributed by atoms with Crippen molar-refractivity contribution in [2.24, 2.45) is 0 Å². The van der Waals surface area contributed by atoms with E-state index in [1.54, 1.807) is 0 Å². The number of ether oxygens (including phenoxy) is 3. The van der Waals surface area contributed by atoms with E-state index in [1.165, 1.54) is 0 Å². The normalized spacial score (nSPS) is 11.6. The molecule has 5 heteroatoms. The Labute approximate surface area is 267 Å². The number of aliphatic hydroxyl groups excluding tert-OH is 1. The number of benzene rings is 5. The summed E-state index contributed by atoms with van der Waals surface area (Å²) in [5, 5.41) is 10.2. The van der Waals surface area contributed by atoms with Gasteiger partial charge in [-0.25, -0.2) is 0 Å². The first-order valence-corrected chi connectivity index (χ1v) is 15.4. The standard InChI is InChI=1S/C40H41NO4/c1-41(2)26-28-43-36-21-15-34(16-22-36)40(35-17-23-38(24-18-35)45-30-32-11-7-4-8-12-32)39(25-27-42)33-13-19-37(20-14-33)44-29-31-9-5-3-6-10-31/h3-24,42H,25-30H2,1-2H3/b40-39-. The summed E-state index contributed by atoms with van der Waals surface area (Å²) in [7, 11) is 4.07. The van der Waals surface area contributed by atoms with Crippen LogP contribution in [0.25, 0.3) is 11.1 Å². The summed E-state index contributed by atoms with van der Waals surface area (Å²) in [4.78, 5) is 2.10. The van der Waals surface area contributed by atoms with Crippen LogP contribution < -0.4 is 14.2 Å². The van der Waals surface area contributed by atoms with Gasteiger partial charge in [-0.3, -0.25) is 0 Å². The van der Waals surface area contributed by atoms with Crippen molar-refractivity contribution in [2.75, 3.05) is 33.9 Å². The van der Waals surface area contributed by atoms with E-state index in [0.717, 1.165) is 62.8 Å². The second-order valence-electron chi connectivity index (χ2n) is 11.1. The van der Waals surface area contributed by atoms with Crippen molar-refractivity contribution in [1.29, 1.82) is 0 Å². The van der Waals surface area contributed by atoms with Gasteiger partial charge >= 0.3 is 0 Å². The van der Waals surface area contributed by atoms with Gasteiger partial charge in [-0.1, -0.05) is 97.1 Å². The Bertz CT molecular complexity index is 1610. The maximum atomic E-state index is 10.2. The molecule has 0 saturated heterocycles. The van der Waals surface area contributed by atoms with Gasteiger partial charge in [-0.15, -0.1) is 0 Å². The summed E-state index contributed by atoms with van der Waals surface area (Å²) >= 11 is 0. The molecule has 0 aliphatic rings. The summed E-state index contributed by atoms with van der Waals surface area (Å²) in [6.45, 7) is 2.50. The van der Waals surface area contributed by atoms with E-state index in [0.29, 0.717) is 26.2 Å². The number of aliphatic hydroxyl groups is 1. The van der Waals surface area contributed by atoms with Crippen molar-refractivity contribution < 1.29 is 19.3 Å². The third kappa shape index (κ3) is 9.32. The molecule has 0 saturated carbocycles. The molecule has 5 rings (SSSR count). The van der Waals surface area contributed by atoms with Crippen LogP contribution in [0.3, 0.4) is 0 Å². The third-order valence-corrected chi connectivity index (χ3v) is 7.46. The fraction of sp³-hybridized carbons (Fsp3) is 0.200. The molecule has 5 aromatic rings. The van der Waals surface area contributed by atoms with Crippen molar-refractivity contribution in [3.8, 4) is 17.2 Å². The smallest absolute Gasteiger partial charge is 0.119 e. The largest absolute Gasteiger partial charge is 0.492 e. The van der Waals surface area contributed by atoms with E-state index in [2.05, 4.69) is 65.6 Å². The molecule has 0 radical (unpaired) electrons. The Morgan fingerprint density at radius 1 is 0.533 bits per heavy atom. The van der Waals surface area contributed by atoms with Gasteiger partial charge in [0.1, 0.15) is 37.1 Å². The number of rotatable bonds is 15. The lowest BCUT2D eigenvalue weighted by molar-refractivity contribution is 0.261. The molecule has 0 atom stereocenters. The fourth-order valence-corrected chi connectivity index (χ4v) is 5.06. The zero-order valence-corrected chi connectivity index (χ0v) is 26.1. The van der Waals surface area contributed by atoms with Gasteiger partial charge in [0, 0.05) is 13.2 Å². The van der Waals surface area contributed by atoms with Crippen molar-refractivity contribution in [2.45, 2.75) is 19.6 Å². The third-order valence-electron chi connectivity index (χ3n) is 7.46. The first kappa shape index (κ1) is 31.6. The van der Waals surface area contributed by atoms with Crippen LogP contribution in [0.2, 0.25) is 0 Å². The van der Waals surface area contributed by atoms with Crippen LogP contribution in [-0.4, -0.2) is 43.9 Å². The summed E-state index contributed by atoms with van der Waals surface area (Å²) in [6, 6.07) is 44.8. The van der Waals surface area contributed by atoms with E-state index in [-0.39, 0.29) is 6.61 Å². The molecule has 0 fully saturated rings. The molecule has 5 nitrogen and oxygen atoms in total. The first-order valence-electron chi connectivity index (χ1n) is 15.4. The molecule has 0 amide bonds. The van der Waals surface area contributed by atoms with Crippen LogP contribution in [0.1, 0.15) is 34.2 Å². The van der Waals surface area contributed by atoms with Crippen LogP contribution >= 0.6 is 0 Å². The van der Waals surface area contributed by atoms with Gasteiger partial charge in [0.15, 0.2) is 0 Å². The molecule has 0 aliphatic carbocycles. The molecule has 0 aliphatic heterocycles. The summed E-state index contributed by atoms with van der Waals surface area (Å²) in [5.74, 6) is 2.43. The second kappa shape index (κ2) is 16.3. The maximum absolute atomic E-state index is 10.2. The van der Waals surface area contributed by atoms with Crippen molar-refractivity contribution in [1.82, 2.24) is 4.90 Å². The van der Waals surface area contributed by atoms with Gasteiger partial charge in [0.25, 0.3) is 0 Å². The molecule has 0 spiro atoms. The van der Waals surface area contributed by atoms with Gasteiger partial charge in [0.05, 0.1) is 0 Å². The van der Waals surface area contributed by atoms with E-state index >= 15 is 0 Å². The van der Waals surface area contributed by atoms with E-state index in [4.69, 9.17) is 14.2 Å². The zero-order valence-electron chi connectivity index (χ0n) is 26.1. The Morgan fingerprint density at radius 3 is 1.38 bits per heavy atom. The Kier molecular flexibility index (Phi) is 11.4. The lowest BCUT2D eigenvalue weighted by atomic mass is 9.88. The molecule has 5 aromatic carbocycles. The van der Waals surface area contributed by atoms with E-state index < -0.39 is 0 Å². The minimum absolute atomic E-state index is 0.0229. The number of hydrogen-bond acceptors (Lipinski definition) is 5. The topological polar surface area (TPSA) is 51.2 Å². The first-order chi connectivity index (χ1) is 22.1.